The van der Waals surface area contributed by atoms with Crippen molar-refractivity contribution in [1.82, 2.24) is 0 Å². The minimum Gasteiger partial charge on any atom is -0.322 e. The lowest BCUT2D eigenvalue weighted by Gasteiger charge is -2.24. The van der Waals surface area contributed by atoms with Gasteiger partial charge in [-0.2, -0.15) is 13.2 Å². The number of thiophene rings is 1. The molecule has 4 nitrogen and oxygen atoms in total. The number of alkyl halides is 3. The van der Waals surface area contributed by atoms with E-state index in [1.165, 1.54) is 23.1 Å². The van der Waals surface area contributed by atoms with E-state index in [0.717, 1.165) is 16.8 Å². The fourth-order valence-corrected chi connectivity index (χ4v) is 5.38. The van der Waals surface area contributed by atoms with Crippen LogP contribution in [0.3, 0.4) is 0 Å². The largest absolute Gasteiger partial charge is 0.416 e. The summed E-state index contributed by atoms with van der Waals surface area (Å²) in [4.78, 5) is 29.0. The Morgan fingerprint density at radius 1 is 0.973 bits per heavy atom. The molecule has 0 bridgehead atoms. The topological polar surface area (TPSA) is 49.4 Å². The summed E-state index contributed by atoms with van der Waals surface area (Å²) in [5.74, 6) is -2.48. The van der Waals surface area contributed by atoms with Crippen LogP contribution in [0.15, 0.2) is 72.1 Å². The Hall–Kier alpha value is -3.69. The number of nitrogens with zero attached hydrogens (tertiary/aromatic N) is 1. The number of nitrogens with one attached hydrogen (secondary N) is 1. The molecule has 0 saturated heterocycles. The molecule has 0 saturated carbocycles. The molecular weight excluding hydrogens is 528 g/mol. The zero-order valence-corrected chi connectivity index (χ0v) is 20.5. The van der Waals surface area contributed by atoms with Crippen LogP contribution in [0.2, 0.25) is 5.02 Å². The van der Waals surface area contributed by atoms with Gasteiger partial charge in [-0.05, 0) is 65.0 Å². The number of benzene rings is 3. The van der Waals surface area contributed by atoms with Crippen LogP contribution in [0, 0.1) is 5.82 Å². The first kappa shape index (κ1) is 25.0. The fourth-order valence-electron chi connectivity index (χ4n) is 4.20. The van der Waals surface area contributed by atoms with Crippen LogP contribution in [0.25, 0.3) is 0 Å². The molecule has 1 aromatic heterocycles. The van der Waals surface area contributed by atoms with Crippen molar-refractivity contribution in [3.05, 3.63) is 116 Å². The molecule has 1 N–H and O–H groups in total. The Labute approximate surface area is 218 Å². The second kappa shape index (κ2) is 9.64. The van der Waals surface area contributed by atoms with Gasteiger partial charge in [0.15, 0.2) is 0 Å². The van der Waals surface area contributed by atoms with E-state index >= 15 is 0 Å². The zero-order valence-electron chi connectivity index (χ0n) is 18.9. The van der Waals surface area contributed by atoms with E-state index in [1.54, 1.807) is 16.2 Å². The van der Waals surface area contributed by atoms with E-state index in [1.807, 2.05) is 35.7 Å². The Balaban J connectivity index is 1.41. The van der Waals surface area contributed by atoms with Crippen molar-refractivity contribution in [3.63, 3.8) is 0 Å². The smallest absolute Gasteiger partial charge is 0.322 e. The minimum atomic E-state index is -4.81. The third-order valence-corrected chi connectivity index (χ3v) is 7.27. The van der Waals surface area contributed by atoms with E-state index in [0.29, 0.717) is 31.2 Å². The number of hydrogen-bond donors (Lipinski definition) is 1. The molecule has 1 aliphatic rings. The third kappa shape index (κ3) is 5.10. The number of rotatable bonds is 3. The Morgan fingerprint density at radius 3 is 2.51 bits per heavy atom. The van der Waals surface area contributed by atoms with Crippen LogP contribution >= 0.6 is 22.9 Å². The molecule has 0 unspecified atom stereocenters. The second-order valence-electron chi connectivity index (χ2n) is 8.44. The summed E-state index contributed by atoms with van der Waals surface area (Å²) < 4.78 is 52.7. The highest BCUT2D eigenvalue weighted by atomic mass is 35.5. The van der Waals surface area contributed by atoms with E-state index in [4.69, 9.17) is 11.6 Å². The lowest BCUT2D eigenvalue weighted by Crippen LogP contribution is -2.30. The summed E-state index contributed by atoms with van der Waals surface area (Å²) in [5, 5.41) is 4.44. The van der Waals surface area contributed by atoms with Crippen molar-refractivity contribution in [2.24, 2.45) is 0 Å². The zero-order chi connectivity index (χ0) is 26.3. The first-order valence-corrected chi connectivity index (χ1v) is 12.3. The van der Waals surface area contributed by atoms with Gasteiger partial charge in [0.2, 0.25) is 0 Å². The first-order valence-electron chi connectivity index (χ1n) is 11.0. The first-order chi connectivity index (χ1) is 17.6. The number of fused-ring (bicyclic) bond motifs is 2. The number of carbonyl (C=O) groups excluding carboxylic acids is 2. The Kier molecular flexibility index (Phi) is 6.51. The summed E-state index contributed by atoms with van der Waals surface area (Å²) in [6.45, 7) is 0.366. The molecule has 2 amide bonds. The maximum Gasteiger partial charge on any atom is 0.416 e. The molecule has 0 fully saturated rings. The van der Waals surface area contributed by atoms with E-state index in [-0.39, 0.29) is 22.2 Å². The molecule has 2 heterocycles. The van der Waals surface area contributed by atoms with Gasteiger partial charge in [0.05, 0.1) is 22.7 Å². The molecule has 0 radical (unpaired) electrons. The monoisotopic (exact) mass is 544 g/mol. The number of para-hydroxylation sites is 1. The number of hydrogen-bond acceptors (Lipinski definition) is 3. The van der Waals surface area contributed by atoms with Crippen molar-refractivity contribution < 1.29 is 27.2 Å². The van der Waals surface area contributed by atoms with Crippen LogP contribution in [-0.2, 0) is 19.1 Å². The van der Waals surface area contributed by atoms with Gasteiger partial charge >= 0.3 is 6.18 Å². The van der Waals surface area contributed by atoms with Crippen LogP contribution in [0.1, 0.15) is 42.3 Å². The molecule has 5 rings (SSSR count). The second-order valence-corrected chi connectivity index (χ2v) is 9.85. The normalized spacial score (nSPS) is 12.9. The predicted molar refractivity (Wildman–Crippen MR) is 135 cm³/mol. The molecule has 1 aliphatic heterocycles. The summed E-state index contributed by atoms with van der Waals surface area (Å²) in [7, 11) is 0. The minimum absolute atomic E-state index is 0.0466. The summed E-state index contributed by atoms with van der Waals surface area (Å²) in [6, 6.07) is 15.4. The van der Waals surface area contributed by atoms with Gasteiger partial charge in [0.25, 0.3) is 11.8 Å². The molecule has 3 aromatic carbocycles. The van der Waals surface area contributed by atoms with Crippen LogP contribution in [-0.4, -0.2) is 11.8 Å². The molecular formula is C27H17ClF4N2O2S. The lowest BCUT2D eigenvalue weighted by atomic mass is 10.1. The summed E-state index contributed by atoms with van der Waals surface area (Å²) in [5.41, 5.74) is 1.38. The Bertz CT molecular complexity index is 1530. The van der Waals surface area contributed by atoms with E-state index in [2.05, 4.69) is 5.32 Å². The lowest BCUT2D eigenvalue weighted by molar-refractivity contribution is -0.137. The summed E-state index contributed by atoms with van der Waals surface area (Å²) in [6.07, 6.45) is -4.10. The number of halogens is 5. The van der Waals surface area contributed by atoms with Gasteiger partial charge in [0.1, 0.15) is 5.82 Å². The highest BCUT2D eigenvalue weighted by Crippen LogP contribution is 2.35. The quantitative estimate of drug-likeness (QED) is 0.271. The highest BCUT2D eigenvalue weighted by Gasteiger charge is 2.32. The molecule has 37 heavy (non-hydrogen) atoms. The van der Waals surface area contributed by atoms with Gasteiger partial charge in [-0.25, -0.2) is 4.39 Å². The van der Waals surface area contributed by atoms with Crippen molar-refractivity contribution >= 4 is 46.1 Å². The van der Waals surface area contributed by atoms with E-state index in [9.17, 15) is 27.2 Å². The Morgan fingerprint density at radius 2 is 1.76 bits per heavy atom. The van der Waals surface area contributed by atoms with Crippen molar-refractivity contribution in [2.75, 3.05) is 10.2 Å². The van der Waals surface area contributed by atoms with Crippen molar-refractivity contribution in [2.45, 2.75) is 19.1 Å². The fraction of sp³-hybridized carbons (Fsp3) is 0.111. The predicted octanol–water partition coefficient (Wildman–Crippen LogP) is 7.56. The number of anilines is 2. The van der Waals surface area contributed by atoms with Gasteiger partial charge in [0, 0.05) is 28.2 Å². The number of amides is 2. The van der Waals surface area contributed by atoms with Crippen LogP contribution < -0.4 is 10.2 Å². The van der Waals surface area contributed by atoms with Gasteiger partial charge < -0.3 is 10.2 Å². The molecule has 0 aliphatic carbocycles. The van der Waals surface area contributed by atoms with Crippen LogP contribution in [0.4, 0.5) is 28.9 Å². The molecule has 4 aromatic rings. The highest BCUT2D eigenvalue weighted by molar-refractivity contribution is 7.10. The average Bonchev–Trinajstić information content (AvgIpc) is 3.21. The standard InChI is InChI=1S/C27H17ClF4N2O2S/c28-22-13-20(33-25(35)17-9-18(27(30,31)32)12-19(29)10-17)5-6-21(22)26(36)34-14-16-7-8-37-24(16)11-15-3-1-2-4-23(15)34/h1-10,12-13H,11,14H2,(H,33,35). The van der Waals surface area contributed by atoms with Gasteiger partial charge in [-0.15, -0.1) is 11.3 Å². The molecule has 188 valence electrons. The van der Waals surface area contributed by atoms with E-state index < -0.39 is 29.0 Å². The van der Waals surface area contributed by atoms with Gasteiger partial charge in [-0.3, -0.25) is 9.59 Å². The molecule has 10 heteroatoms. The number of carbonyl (C=O) groups is 2. The van der Waals surface area contributed by atoms with Gasteiger partial charge in [-0.1, -0.05) is 29.8 Å². The average molecular weight is 545 g/mol. The molecule has 0 spiro atoms. The SMILES string of the molecule is O=C(Nc1ccc(C(=O)N2Cc3ccsc3Cc3ccccc32)c(Cl)c1)c1cc(F)cc(C(F)(F)F)c1. The molecule has 0 atom stereocenters. The summed E-state index contributed by atoms with van der Waals surface area (Å²) >= 11 is 8.06. The van der Waals surface area contributed by atoms with Crippen LogP contribution in [0.5, 0.6) is 0 Å². The van der Waals surface area contributed by atoms with Crippen molar-refractivity contribution in [3.8, 4) is 0 Å². The van der Waals surface area contributed by atoms with Crippen molar-refractivity contribution in [1.29, 1.82) is 0 Å². The third-order valence-electron chi connectivity index (χ3n) is 5.99. The maximum absolute atomic E-state index is 13.7. The maximum atomic E-state index is 13.7.